The van der Waals surface area contributed by atoms with E-state index in [1.54, 1.807) is 30.3 Å². The molecule has 0 unspecified atom stereocenters. The van der Waals surface area contributed by atoms with E-state index in [2.05, 4.69) is 12.0 Å². The van der Waals surface area contributed by atoms with Crippen molar-refractivity contribution in [2.75, 3.05) is 0 Å². The lowest BCUT2D eigenvalue weighted by molar-refractivity contribution is 0.446. The van der Waals surface area contributed by atoms with Crippen LogP contribution >= 0.6 is 11.6 Å². The largest absolute Gasteiger partial charge is 0.458 e. The summed E-state index contributed by atoms with van der Waals surface area (Å²) >= 11 is 5.85. The van der Waals surface area contributed by atoms with E-state index in [9.17, 15) is 0 Å². The third kappa shape index (κ3) is 4.16. The SMILES string of the molecule is C=C(/C=C(C)\C(=C/N)NN)Oc1cccc(Cl)c1. The number of hydrogen-bond donors (Lipinski definition) is 3. The molecule has 0 fully saturated rings. The Morgan fingerprint density at radius 3 is 2.78 bits per heavy atom. The van der Waals surface area contributed by atoms with Gasteiger partial charge in [-0.05, 0) is 36.8 Å². The van der Waals surface area contributed by atoms with Crippen LogP contribution in [0.3, 0.4) is 0 Å². The zero-order chi connectivity index (χ0) is 13.5. The van der Waals surface area contributed by atoms with Crippen molar-refractivity contribution < 1.29 is 4.74 Å². The molecule has 5 heteroatoms. The van der Waals surface area contributed by atoms with Crippen LogP contribution in [0.25, 0.3) is 0 Å². The Hall–Kier alpha value is -1.91. The van der Waals surface area contributed by atoms with E-state index in [4.69, 9.17) is 27.9 Å². The topological polar surface area (TPSA) is 73.3 Å². The Kier molecular flexibility index (Phi) is 5.30. The second-order valence-corrected chi connectivity index (χ2v) is 4.01. The van der Waals surface area contributed by atoms with Crippen molar-refractivity contribution in [1.82, 2.24) is 5.43 Å². The molecule has 0 saturated heterocycles. The lowest BCUT2D eigenvalue weighted by atomic mass is 10.2. The summed E-state index contributed by atoms with van der Waals surface area (Å²) in [6.45, 7) is 5.63. The average molecular weight is 266 g/mol. The quantitative estimate of drug-likeness (QED) is 0.331. The standard InChI is InChI=1S/C13H16ClN3O/c1-9(13(8-15)17-16)6-10(2)18-12-5-3-4-11(14)7-12/h3-8,17H,2,15-16H2,1H3/b9-6-,13-8+. The van der Waals surface area contributed by atoms with Gasteiger partial charge in [0.2, 0.25) is 0 Å². The highest BCUT2D eigenvalue weighted by molar-refractivity contribution is 6.30. The molecule has 96 valence electrons. The Bertz CT molecular complexity index is 495. The molecule has 0 saturated carbocycles. The van der Waals surface area contributed by atoms with Crippen LogP contribution in [0.2, 0.25) is 5.02 Å². The van der Waals surface area contributed by atoms with E-state index >= 15 is 0 Å². The number of hydrazine groups is 1. The Labute approximate surface area is 112 Å². The maximum Gasteiger partial charge on any atom is 0.128 e. The molecule has 1 aromatic carbocycles. The smallest absolute Gasteiger partial charge is 0.128 e. The monoisotopic (exact) mass is 265 g/mol. The molecule has 0 aromatic heterocycles. The van der Waals surface area contributed by atoms with Crippen molar-refractivity contribution in [3.63, 3.8) is 0 Å². The number of benzene rings is 1. The number of nitrogens with one attached hydrogen (secondary N) is 1. The number of rotatable bonds is 5. The second-order valence-electron chi connectivity index (χ2n) is 3.58. The number of hydrogen-bond acceptors (Lipinski definition) is 4. The van der Waals surface area contributed by atoms with Crippen molar-refractivity contribution in [1.29, 1.82) is 0 Å². The minimum absolute atomic E-state index is 0.462. The lowest BCUT2D eigenvalue weighted by Crippen LogP contribution is -2.22. The summed E-state index contributed by atoms with van der Waals surface area (Å²) in [6, 6.07) is 7.07. The van der Waals surface area contributed by atoms with Gasteiger partial charge in [0.1, 0.15) is 11.5 Å². The number of ether oxygens (including phenoxy) is 1. The third-order valence-corrected chi connectivity index (χ3v) is 2.40. The van der Waals surface area contributed by atoms with Gasteiger partial charge in [0.15, 0.2) is 0 Å². The fourth-order valence-corrected chi connectivity index (χ4v) is 1.50. The minimum Gasteiger partial charge on any atom is -0.458 e. The zero-order valence-corrected chi connectivity index (χ0v) is 10.9. The van der Waals surface area contributed by atoms with Gasteiger partial charge in [-0.25, -0.2) is 0 Å². The van der Waals surface area contributed by atoms with Crippen molar-refractivity contribution >= 4 is 11.6 Å². The van der Waals surface area contributed by atoms with Crippen LogP contribution in [0, 0.1) is 0 Å². The molecule has 0 aliphatic carbocycles. The van der Waals surface area contributed by atoms with Gasteiger partial charge in [0, 0.05) is 11.2 Å². The highest BCUT2D eigenvalue weighted by Gasteiger charge is 2.00. The van der Waals surface area contributed by atoms with E-state index in [0.29, 0.717) is 22.2 Å². The molecule has 0 aliphatic heterocycles. The summed E-state index contributed by atoms with van der Waals surface area (Å²) < 4.78 is 5.51. The van der Waals surface area contributed by atoms with Crippen LogP contribution in [0.4, 0.5) is 0 Å². The van der Waals surface area contributed by atoms with Gasteiger partial charge in [-0.2, -0.15) is 0 Å². The molecule has 0 amide bonds. The van der Waals surface area contributed by atoms with Crippen LogP contribution in [0.1, 0.15) is 6.92 Å². The van der Waals surface area contributed by atoms with E-state index in [1.807, 2.05) is 6.92 Å². The van der Waals surface area contributed by atoms with E-state index in [-0.39, 0.29) is 0 Å². The molecule has 5 N–H and O–H groups in total. The highest BCUT2D eigenvalue weighted by atomic mass is 35.5. The van der Waals surface area contributed by atoms with Gasteiger partial charge in [-0.1, -0.05) is 24.2 Å². The minimum atomic E-state index is 0.462. The zero-order valence-electron chi connectivity index (χ0n) is 10.1. The number of halogens is 1. The summed E-state index contributed by atoms with van der Waals surface area (Å²) in [4.78, 5) is 0. The first-order chi connectivity index (χ1) is 8.56. The van der Waals surface area contributed by atoms with Crippen LogP contribution in [-0.2, 0) is 0 Å². The van der Waals surface area contributed by atoms with E-state index in [1.165, 1.54) is 6.20 Å². The van der Waals surface area contributed by atoms with Crippen LogP contribution < -0.4 is 21.7 Å². The third-order valence-electron chi connectivity index (χ3n) is 2.17. The van der Waals surface area contributed by atoms with Gasteiger partial charge in [0.05, 0.1) is 5.70 Å². The number of nitrogens with two attached hydrogens (primary N) is 2. The van der Waals surface area contributed by atoms with E-state index < -0.39 is 0 Å². The van der Waals surface area contributed by atoms with Crippen molar-refractivity contribution in [3.8, 4) is 5.75 Å². The Balaban J connectivity index is 2.75. The predicted molar refractivity (Wildman–Crippen MR) is 74.6 cm³/mol. The summed E-state index contributed by atoms with van der Waals surface area (Å²) in [7, 11) is 0. The number of allylic oxidation sites excluding steroid dienone is 2. The Morgan fingerprint density at radius 1 is 1.50 bits per heavy atom. The second kappa shape index (κ2) is 6.74. The van der Waals surface area contributed by atoms with Gasteiger partial charge in [-0.3, -0.25) is 5.84 Å². The van der Waals surface area contributed by atoms with E-state index in [0.717, 1.165) is 5.57 Å². The van der Waals surface area contributed by atoms with Crippen LogP contribution in [0.5, 0.6) is 5.75 Å². The first kappa shape index (κ1) is 14.2. The van der Waals surface area contributed by atoms with Gasteiger partial charge < -0.3 is 15.9 Å². The maximum atomic E-state index is 5.85. The van der Waals surface area contributed by atoms with Crippen molar-refractivity contribution in [2.24, 2.45) is 11.6 Å². The summed E-state index contributed by atoms with van der Waals surface area (Å²) in [5, 5.41) is 0.604. The van der Waals surface area contributed by atoms with Gasteiger partial charge in [-0.15, -0.1) is 0 Å². The normalized spacial score (nSPS) is 12.2. The molecule has 0 radical (unpaired) electrons. The van der Waals surface area contributed by atoms with Crippen LogP contribution in [-0.4, -0.2) is 0 Å². The molecule has 0 atom stereocenters. The predicted octanol–water partition coefficient (Wildman–Crippen LogP) is 2.44. The molecular weight excluding hydrogens is 250 g/mol. The van der Waals surface area contributed by atoms with Gasteiger partial charge >= 0.3 is 0 Å². The first-order valence-corrected chi connectivity index (χ1v) is 5.64. The lowest BCUT2D eigenvalue weighted by Gasteiger charge is -2.09. The summed E-state index contributed by atoms with van der Waals surface area (Å²) in [5.41, 5.74) is 9.29. The molecule has 0 bridgehead atoms. The fraction of sp³-hybridized carbons (Fsp3) is 0.0769. The highest BCUT2D eigenvalue weighted by Crippen LogP contribution is 2.20. The summed E-state index contributed by atoms with van der Waals surface area (Å²) in [5.74, 6) is 6.39. The fourth-order valence-electron chi connectivity index (χ4n) is 1.32. The molecule has 0 heterocycles. The summed E-state index contributed by atoms with van der Waals surface area (Å²) in [6.07, 6.45) is 3.10. The van der Waals surface area contributed by atoms with Gasteiger partial charge in [0.25, 0.3) is 0 Å². The molecule has 1 aromatic rings. The molecule has 4 nitrogen and oxygen atoms in total. The maximum absolute atomic E-state index is 5.85. The molecule has 0 spiro atoms. The molecule has 1 rings (SSSR count). The molecular formula is C13H16ClN3O. The average Bonchev–Trinajstić information content (AvgIpc) is 2.30. The van der Waals surface area contributed by atoms with Crippen LogP contribution in [0.15, 0.2) is 60.1 Å². The van der Waals surface area contributed by atoms with Crippen molar-refractivity contribution in [3.05, 3.63) is 65.2 Å². The van der Waals surface area contributed by atoms with Crippen molar-refractivity contribution in [2.45, 2.75) is 6.92 Å². The molecule has 0 aliphatic rings. The first-order valence-electron chi connectivity index (χ1n) is 5.26. The molecule has 18 heavy (non-hydrogen) atoms. The Morgan fingerprint density at radius 2 is 2.22 bits per heavy atom.